The second-order valence-corrected chi connectivity index (χ2v) is 3.32. The largest absolute Gasteiger partial charge is 0.447 e. The molecule has 1 unspecified atom stereocenters. The van der Waals surface area contributed by atoms with E-state index in [0.29, 0.717) is 6.54 Å². The van der Waals surface area contributed by atoms with Gasteiger partial charge in [-0.25, -0.2) is 4.79 Å². The van der Waals surface area contributed by atoms with Crippen molar-refractivity contribution in [2.45, 2.75) is 26.4 Å². The average molecular weight is 271 g/mol. The zero-order valence-corrected chi connectivity index (χ0v) is 9.05. The van der Waals surface area contributed by atoms with Crippen LogP contribution in [0.15, 0.2) is 0 Å². The summed E-state index contributed by atoms with van der Waals surface area (Å²) in [5, 5.41) is 2.63. The number of hydrogen-bond acceptors (Lipinski definition) is 2. The summed E-state index contributed by atoms with van der Waals surface area (Å²) < 4.78 is 5.86. The summed E-state index contributed by atoms with van der Waals surface area (Å²) in [6, 6.07) is 0. The first-order valence-electron chi connectivity index (χ1n) is 3.71. The quantitative estimate of drug-likeness (QED) is 0.627. The van der Waals surface area contributed by atoms with Crippen LogP contribution in [0.5, 0.6) is 0 Å². The van der Waals surface area contributed by atoms with Crippen molar-refractivity contribution in [1.82, 2.24) is 5.32 Å². The van der Waals surface area contributed by atoms with Crippen molar-refractivity contribution < 1.29 is 9.53 Å². The van der Waals surface area contributed by atoms with Crippen molar-refractivity contribution in [2.24, 2.45) is 0 Å². The second-order valence-electron chi connectivity index (χ2n) is 2.24. The molecule has 0 aromatic rings. The number of ether oxygens (including phenoxy) is 1. The van der Waals surface area contributed by atoms with Gasteiger partial charge in [-0.1, -0.05) is 29.5 Å². The van der Waals surface area contributed by atoms with E-state index in [4.69, 9.17) is 4.74 Å². The van der Waals surface area contributed by atoms with Crippen LogP contribution in [-0.4, -0.2) is 23.2 Å². The van der Waals surface area contributed by atoms with Gasteiger partial charge in [-0.2, -0.15) is 0 Å². The molecule has 11 heavy (non-hydrogen) atoms. The molecule has 0 aliphatic carbocycles. The summed E-state index contributed by atoms with van der Waals surface area (Å²) >= 11 is 2.19. The topological polar surface area (TPSA) is 38.3 Å². The summed E-state index contributed by atoms with van der Waals surface area (Å²) in [6.45, 7) is 4.54. The normalized spacial score (nSPS) is 12.3. The predicted octanol–water partition coefficient (Wildman–Crippen LogP) is 1.95. The fraction of sp³-hybridized carbons (Fsp3) is 0.857. The minimum atomic E-state index is -0.309. The van der Waals surface area contributed by atoms with Crippen LogP contribution in [-0.2, 0) is 4.74 Å². The Hall–Kier alpha value is 0. The SMILES string of the molecule is CCC(C)OC(=O)NCCI. The van der Waals surface area contributed by atoms with Gasteiger partial charge in [0.05, 0.1) is 0 Å². The lowest BCUT2D eigenvalue weighted by Gasteiger charge is -2.10. The Bertz CT molecular complexity index is 119. The van der Waals surface area contributed by atoms with Gasteiger partial charge in [0.2, 0.25) is 0 Å². The molecule has 0 aromatic carbocycles. The average Bonchev–Trinajstić information content (AvgIpc) is 2.00. The highest BCUT2D eigenvalue weighted by atomic mass is 127. The molecular formula is C7H14INO2. The molecule has 66 valence electrons. The van der Waals surface area contributed by atoms with Crippen LogP contribution < -0.4 is 5.32 Å². The van der Waals surface area contributed by atoms with Crippen LogP contribution in [0, 0.1) is 0 Å². The number of amides is 1. The lowest BCUT2D eigenvalue weighted by molar-refractivity contribution is 0.105. The zero-order valence-electron chi connectivity index (χ0n) is 6.89. The summed E-state index contributed by atoms with van der Waals surface area (Å²) in [5.74, 6) is 0. The Morgan fingerprint density at radius 3 is 2.82 bits per heavy atom. The zero-order chi connectivity index (χ0) is 8.69. The van der Waals surface area contributed by atoms with Gasteiger partial charge in [0.15, 0.2) is 0 Å². The molecule has 0 saturated carbocycles. The molecule has 0 radical (unpaired) electrons. The van der Waals surface area contributed by atoms with Gasteiger partial charge < -0.3 is 10.1 Å². The highest BCUT2D eigenvalue weighted by Gasteiger charge is 2.04. The molecule has 4 heteroatoms. The minimum absolute atomic E-state index is 0.0178. The molecule has 0 heterocycles. The number of halogens is 1. The van der Waals surface area contributed by atoms with Gasteiger partial charge in [-0.05, 0) is 13.3 Å². The molecule has 0 aliphatic heterocycles. The van der Waals surface area contributed by atoms with E-state index in [2.05, 4.69) is 27.9 Å². The van der Waals surface area contributed by atoms with Crippen LogP contribution in [0.2, 0.25) is 0 Å². The predicted molar refractivity (Wildman–Crippen MR) is 53.1 cm³/mol. The Kier molecular flexibility index (Phi) is 6.69. The summed E-state index contributed by atoms with van der Waals surface area (Å²) in [5.41, 5.74) is 0. The van der Waals surface area contributed by atoms with Crippen LogP contribution in [0.1, 0.15) is 20.3 Å². The van der Waals surface area contributed by atoms with E-state index in [9.17, 15) is 4.79 Å². The fourth-order valence-electron chi connectivity index (χ4n) is 0.457. The monoisotopic (exact) mass is 271 g/mol. The molecule has 0 saturated heterocycles. The van der Waals surface area contributed by atoms with E-state index in [1.54, 1.807) is 0 Å². The van der Waals surface area contributed by atoms with E-state index < -0.39 is 0 Å². The molecule has 1 N–H and O–H groups in total. The van der Waals surface area contributed by atoms with Crippen molar-refractivity contribution >= 4 is 28.7 Å². The lowest BCUT2D eigenvalue weighted by Crippen LogP contribution is -2.28. The van der Waals surface area contributed by atoms with Crippen molar-refractivity contribution in [3.05, 3.63) is 0 Å². The molecule has 0 fully saturated rings. The van der Waals surface area contributed by atoms with Gasteiger partial charge in [-0.3, -0.25) is 0 Å². The standard InChI is InChI=1S/C7H14INO2/c1-3-6(2)11-7(10)9-5-4-8/h6H,3-5H2,1-2H3,(H,9,10). The summed E-state index contributed by atoms with van der Waals surface area (Å²) in [4.78, 5) is 10.8. The molecule has 0 bridgehead atoms. The number of nitrogens with one attached hydrogen (secondary N) is 1. The first kappa shape index (κ1) is 11.0. The molecule has 0 aliphatic rings. The van der Waals surface area contributed by atoms with Crippen LogP contribution in [0.4, 0.5) is 4.79 Å². The number of alkyl carbamates (subject to hydrolysis) is 1. The number of carbonyl (C=O) groups is 1. The van der Waals surface area contributed by atoms with E-state index in [0.717, 1.165) is 10.8 Å². The third kappa shape index (κ3) is 6.40. The summed E-state index contributed by atoms with van der Waals surface area (Å²) in [7, 11) is 0. The highest BCUT2D eigenvalue weighted by molar-refractivity contribution is 14.1. The van der Waals surface area contributed by atoms with Crippen LogP contribution >= 0.6 is 22.6 Å². The van der Waals surface area contributed by atoms with E-state index in [-0.39, 0.29) is 12.2 Å². The maximum Gasteiger partial charge on any atom is 0.407 e. The second kappa shape index (κ2) is 6.69. The Labute approximate surface area is 81.0 Å². The molecule has 1 amide bonds. The third-order valence-electron chi connectivity index (χ3n) is 1.25. The van der Waals surface area contributed by atoms with Crippen molar-refractivity contribution in [1.29, 1.82) is 0 Å². The molecule has 0 aromatic heterocycles. The first-order valence-corrected chi connectivity index (χ1v) is 5.23. The number of alkyl halides is 1. The maximum atomic E-state index is 10.8. The van der Waals surface area contributed by atoms with Gasteiger partial charge >= 0.3 is 6.09 Å². The first-order chi connectivity index (χ1) is 5.20. The Balaban J connectivity index is 3.36. The third-order valence-corrected chi connectivity index (χ3v) is 1.79. The molecule has 3 nitrogen and oxygen atoms in total. The maximum absolute atomic E-state index is 10.8. The lowest BCUT2D eigenvalue weighted by atomic mass is 10.3. The van der Waals surface area contributed by atoms with Crippen molar-refractivity contribution in [3.63, 3.8) is 0 Å². The smallest absolute Gasteiger partial charge is 0.407 e. The van der Waals surface area contributed by atoms with Gasteiger partial charge in [0, 0.05) is 11.0 Å². The Morgan fingerprint density at radius 2 is 2.36 bits per heavy atom. The van der Waals surface area contributed by atoms with Crippen LogP contribution in [0.3, 0.4) is 0 Å². The van der Waals surface area contributed by atoms with E-state index in [1.165, 1.54) is 0 Å². The number of hydrogen-bond donors (Lipinski definition) is 1. The van der Waals surface area contributed by atoms with Gasteiger partial charge in [0.25, 0.3) is 0 Å². The van der Waals surface area contributed by atoms with Gasteiger partial charge in [0.1, 0.15) is 6.10 Å². The van der Waals surface area contributed by atoms with Crippen molar-refractivity contribution in [2.75, 3.05) is 11.0 Å². The van der Waals surface area contributed by atoms with E-state index >= 15 is 0 Å². The molecule has 0 rings (SSSR count). The molecule has 1 atom stereocenters. The van der Waals surface area contributed by atoms with Gasteiger partial charge in [-0.15, -0.1) is 0 Å². The molecule has 0 spiro atoms. The fourth-order valence-corrected chi connectivity index (χ4v) is 0.727. The number of carbonyl (C=O) groups excluding carboxylic acids is 1. The molecular weight excluding hydrogens is 257 g/mol. The van der Waals surface area contributed by atoms with E-state index in [1.807, 2.05) is 13.8 Å². The van der Waals surface area contributed by atoms with Crippen molar-refractivity contribution in [3.8, 4) is 0 Å². The highest BCUT2D eigenvalue weighted by Crippen LogP contribution is 1.95. The number of rotatable bonds is 4. The summed E-state index contributed by atoms with van der Waals surface area (Å²) in [6.07, 6.45) is 0.567. The van der Waals surface area contributed by atoms with Crippen LogP contribution in [0.25, 0.3) is 0 Å². The Morgan fingerprint density at radius 1 is 1.73 bits per heavy atom. The minimum Gasteiger partial charge on any atom is -0.447 e.